The molecular weight excluding hydrogens is 166 g/mol. The van der Waals surface area contributed by atoms with Crippen molar-refractivity contribution in [3.05, 3.63) is 12.2 Å². The molecule has 0 bridgehead atoms. The average Bonchev–Trinajstić information content (AvgIpc) is 2.04. The van der Waals surface area contributed by atoms with Gasteiger partial charge in [0.15, 0.2) is 0 Å². The second-order valence-electron chi connectivity index (χ2n) is 3.83. The lowest BCUT2D eigenvalue weighted by Gasteiger charge is -2.32. The molecule has 0 aromatic rings. The molecule has 0 aromatic carbocycles. The normalized spacial score (nSPS) is 20.8. The average molecular weight is 183 g/mol. The molecule has 0 saturated heterocycles. The Hall–Kier alpha value is -0.830. The molecule has 1 fully saturated rings. The summed E-state index contributed by atoms with van der Waals surface area (Å²) in [5.41, 5.74) is -0.534. The molecule has 0 atom stereocenters. The van der Waals surface area contributed by atoms with Gasteiger partial charge in [0.05, 0.1) is 0 Å². The van der Waals surface area contributed by atoms with Gasteiger partial charge in [-0.3, -0.25) is 4.79 Å². The number of nitrogens with one attached hydrogen (secondary N) is 1. The predicted molar refractivity (Wildman–Crippen MR) is 51.0 cm³/mol. The van der Waals surface area contributed by atoms with E-state index in [4.69, 9.17) is 0 Å². The second kappa shape index (κ2) is 3.92. The van der Waals surface area contributed by atoms with Crippen LogP contribution in [0.15, 0.2) is 12.2 Å². The summed E-state index contributed by atoms with van der Waals surface area (Å²) in [4.78, 5) is 11.2. The van der Waals surface area contributed by atoms with E-state index in [1.165, 1.54) is 0 Å². The van der Waals surface area contributed by atoms with Crippen LogP contribution < -0.4 is 5.32 Å². The summed E-state index contributed by atoms with van der Waals surface area (Å²) in [6.07, 6.45) is 4.42. The van der Waals surface area contributed by atoms with E-state index in [0.29, 0.717) is 18.4 Å². The van der Waals surface area contributed by atoms with Gasteiger partial charge in [-0.1, -0.05) is 13.0 Å². The van der Waals surface area contributed by atoms with Crippen molar-refractivity contribution in [2.75, 3.05) is 0 Å². The summed E-state index contributed by atoms with van der Waals surface area (Å²) in [7, 11) is 0. The van der Waals surface area contributed by atoms with Crippen molar-refractivity contribution >= 4 is 5.91 Å². The van der Waals surface area contributed by atoms with E-state index in [-0.39, 0.29) is 5.91 Å². The van der Waals surface area contributed by atoms with Crippen LogP contribution in [0.2, 0.25) is 0 Å². The number of carbonyl (C=O) groups is 1. The Morgan fingerprint density at radius 1 is 1.38 bits per heavy atom. The maximum atomic E-state index is 11.2. The highest BCUT2D eigenvalue weighted by molar-refractivity contribution is 5.92. The van der Waals surface area contributed by atoms with Crippen LogP contribution in [-0.4, -0.2) is 16.7 Å². The summed E-state index contributed by atoms with van der Waals surface area (Å²) in [6, 6.07) is 0. The molecule has 2 N–H and O–H groups in total. The van der Waals surface area contributed by atoms with Crippen LogP contribution >= 0.6 is 0 Å². The third-order valence-electron chi connectivity index (χ3n) is 2.41. The van der Waals surface area contributed by atoms with Gasteiger partial charge in [0.1, 0.15) is 5.72 Å². The topological polar surface area (TPSA) is 49.3 Å². The van der Waals surface area contributed by atoms with Gasteiger partial charge in [-0.05, 0) is 32.6 Å². The molecule has 0 aliphatic heterocycles. The van der Waals surface area contributed by atoms with Crippen molar-refractivity contribution in [3.8, 4) is 0 Å². The number of amides is 1. The van der Waals surface area contributed by atoms with Crippen LogP contribution in [0.3, 0.4) is 0 Å². The van der Waals surface area contributed by atoms with Gasteiger partial charge in [0.25, 0.3) is 0 Å². The number of carbonyl (C=O) groups excluding carboxylic acids is 1. The van der Waals surface area contributed by atoms with Gasteiger partial charge in [-0.25, -0.2) is 0 Å². The van der Waals surface area contributed by atoms with Crippen molar-refractivity contribution < 1.29 is 9.90 Å². The molecule has 0 heterocycles. The van der Waals surface area contributed by atoms with E-state index < -0.39 is 5.72 Å². The SMILES string of the molecule is C=C(C)C(=O)NC1(O)CCCCC1. The highest BCUT2D eigenvalue weighted by Crippen LogP contribution is 2.25. The van der Waals surface area contributed by atoms with Crippen molar-refractivity contribution in [2.24, 2.45) is 0 Å². The largest absolute Gasteiger partial charge is 0.371 e. The van der Waals surface area contributed by atoms with Gasteiger partial charge in [0.2, 0.25) is 5.91 Å². The monoisotopic (exact) mass is 183 g/mol. The Labute approximate surface area is 78.8 Å². The number of rotatable bonds is 2. The zero-order chi connectivity index (χ0) is 9.90. The molecule has 1 aliphatic carbocycles. The first kappa shape index (κ1) is 10.3. The van der Waals surface area contributed by atoms with Crippen LogP contribution in [0.4, 0.5) is 0 Å². The zero-order valence-electron chi connectivity index (χ0n) is 8.10. The maximum Gasteiger partial charge on any atom is 0.248 e. The van der Waals surface area contributed by atoms with Crippen LogP contribution in [0, 0.1) is 0 Å². The molecule has 0 aromatic heterocycles. The van der Waals surface area contributed by atoms with Gasteiger partial charge >= 0.3 is 0 Å². The van der Waals surface area contributed by atoms with Crippen molar-refractivity contribution in [3.63, 3.8) is 0 Å². The lowest BCUT2D eigenvalue weighted by atomic mass is 9.91. The lowest BCUT2D eigenvalue weighted by molar-refractivity contribution is -0.127. The van der Waals surface area contributed by atoms with Crippen LogP contribution in [0.5, 0.6) is 0 Å². The lowest BCUT2D eigenvalue weighted by Crippen LogP contribution is -2.49. The highest BCUT2D eigenvalue weighted by Gasteiger charge is 2.30. The molecule has 1 rings (SSSR count). The van der Waals surface area contributed by atoms with Gasteiger partial charge < -0.3 is 10.4 Å². The zero-order valence-corrected chi connectivity index (χ0v) is 8.10. The fourth-order valence-electron chi connectivity index (χ4n) is 1.58. The molecule has 0 spiro atoms. The maximum absolute atomic E-state index is 11.2. The first-order chi connectivity index (χ1) is 6.03. The number of aliphatic hydroxyl groups is 1. The van der Waals surface area contributed by atoms with E-state index in [2.05, 4.69) is 11.9 Å². The minimum atomic E-state index is -0.978. The Morgan fingerprint density at radius 2 is 1.92 bits per heavy atom. The van der Waals surface area contributed by atoms with Crippen LogP contribution in [0.25, 0.3) is 0 Å². The second-order valence-corrected chi connectivity index (χ2v) is 3.83. The predicted octanol–water partition coefficient (Wildman–Crippen LogP) is 1.33. The van der Waals surface area contributed by atoms with E-state index in [1.54, 1.807) is 6.92 Å². The summed E-state index contributed by atoms with van der Waals surface area (Å²) in [5.74, 6) is -0.246. The van der Waals surface area contributed by atoms with Crippen molar-refractivity contribution in [2.45, 2.75) is 44.8 Å². The molecule has 0 unspecified atom stereocenters. The van der Waals surface area contributed by atoms with E-state index in [9.17, 15) is 9.90 Å². The van der Waals surface area contributed by atoms with Crippen LogP contribution in [0.1, 0.15) is 39.0 Å². The summed E-state index contributed by atoms with van der Waals surface area (Å²) >= 11 is 0. The standard InChI is InChI=1S/C10H17NO2/c1-8(2)9(12)11-10(13)6-4-3-5-7-10/h13H,1,3-7H2,2H3,(H,11,12). The summed E-state index contributed by atoms with van der Waals surface area (Å²) in [6.45, 7) is 5.17. The molecular formula is C10H17NO2. The van der Waals surface area contributed by atoms with Gasteiger partial charge in [-0.2, -0.15) is 0 Å². The third kappa shape index (κ3) is 2.84. The molecule has 74 valence electrons. The number of hydrogen-bond donors (Lipinski definition) is 2. The first-order valence-electron chi connectivity index (χ1n) is 4.74. The first-order valence-corrected chi connectivity index (χ1v) is 4.74. The van der Waals surface area contributed by atoms with Gasteiger partial charge in [-0.15, -0.1) is 0 Å². The minimum Gasteiger partial charge on any atom is -0.371 e. The smallest absolute Gasteiger partial charge is 0.248 e. The molecule has 3 nitrogen and oxygen atoms in total. The molecule has 1 amide bonds. The Bertz CT molecular complexity index is 217. The van der Waals surface area contributed by atoms with Gasteiger partial charge in [0, 0.05) is 5.57 Å². The van der Waals surface area contributed by atoms with E-state index in [0.717, 1.165) is 19.3 Å². The molecule has 0 radical (unpaired) electrons. The Balaban J connectivity index is 2.50. The van der Waals surface area contributed by atoms with E-state index in [1.807, 2.05) is 0 Å². The molecule has 1 saturated carbocycles. The fourth-order valence-corrected chi connectivity index (χ4v) is 1.58. The molecule has 13 heavy (non-hydrogen) atoms. The van der Waals surface area contributed by atoms with E-state index >= 15 is 0 Å². The minimum absolute atomic E-state index is 0.246. The Morgan fingerprint density at radius 3 is 2.38 bits per heavy atom. The number of hydrogen-bond acceptors (Lipinski definition) is 2. The molecule has 3 heteroatoms. The third-order valence-corrected chi connectivity index (χ3v) is 2.41. The molecule has 1 aliphatic rings. The Kier molecular flexibility index (Phi) is 3.09. The van der Waals surface area contributed by atoms with Crippen LogP contribution in [-0.2, 0) is 4.79 Å². The van der Waals surface area contributed by atoms with Crippen molar-refractivity contribution in [1.29, 1.82) is 0 Å². The van der Waals surface area contributed by atoms with Crippen molar-refractivity contribution in [1.82, 2.24) is 5.32 Å². The fraction of sp³-hybridized carbons (Fsp3) is 0.700. The summed E-state index contributed by atoms with van der Waals surface area (Å²) < 4.78 is 0. The summed E-state index contributed by atoms with van der Waals surface area (Å²) in [5, 5.41) is 12.5. The quantitative estimate of drug-likeness (QED) is 0.501. The highest BCUT2D eigenvalue weighted by atomic mass is 16.3.